The van der Waals surface area contributed by atoms with Crippen molar-refractivity contribution < 1.29 is 9.18 Å². The number of hydrogen-bond acceptors (Lipinski definition) is 2. The van der Waals surface area contributed by atoms with Crippen LogP contribution in [0, 0.1) is 5.82 Å². The summed E-state index contributed by atoms with van der Waals surface area (Å²) >= 11 is 10.6. The van der Waals surface area contributed by atoms with Gasteiger partial charge in [-0.1, -0.05) is 42.0 Å². The summed E-state index contributed by atoms with van der Waals surface area (Å²) in [5.74, 6) is -1.24. The Morgan fingerprint density at radius 1 is 1.29 bits per heavy atom. The fraction of sp³-hybridized carbons (Fsp3) is 0.0667. The summed E-state index contributed by atoms with van der Waals surface area (Å²) < 4.78 is 13.9. The molecule has 0 spiro atoms. The van der Waals surface area contributed by atoms with Gasteiger partial charge in [0, 0.05) is 18.3 Å². The summed E-state index contributed by atoms with van der Waals surface area (Å²) in [6.45, 7) is 0. The molecule has 0 saturated carbocycles. The zero-order valence-corrected chi connectivity index (χ0v) is 12.7. The molecule has 6 heteroatoms. The lowest BCUT2D eigenvalue weighted by atomic mass is 10.1. The quantitative estimate of drug-likeness (QED) is 0.881. The molecule has 0 aliphatic rings. The predicted octanol–water partition coefficient (Wildman–Crippen LogP) is 3.39. The predicted molar refractivity (Wildman–Crippen MR) is 86.5 cm³/mol. The molecular weight excluding hydrogens is 311 g/mol. The number of thiocarbonyl (C=S) groups is 1. The van der Waals surface area contributed by atoms with Crippen LogP contribution in [0.5, 0.6) is 0 Å². The van der Waals surface area contributed by atoms with Gasteiger partial charge in [-0.05, 0) is 24.3 Å². The highest BCUT2D eigenvalue weighted by Crippen LogP contribution is 2.22. The molecule has 108 valence electrons. The molecule has 2 aromatic carbocycles. The minimum Gasteiger partial charge on any atom is -0.389 e. The van der Waals surface area contributed by atoms with Gasteiger partial charge in [-0.15, -0.1) is 0 Å². The van der Waals surface area contributed by atoms with Gasteiger partial charge in [0.25, 0.3) is 5.91 Å². The number of benzene rings is 2. The number of nitrogens with two attached hydrogens (primary N) is 1. The zero-order valence-electron chi connectivity index (χ0n) is 11.1. The zero-order chi connectivity index (χ0) is 15.6. The van der Waals surface area contributed by atoms with Crippen molar-refractivity contribution in [2.45, 2.75) is 0 Å². The minimum atomic E-state index is -0.735. The molecule has 0 aliphatic carbocycles. The molecule has 0 aliphatic heterocycles. The molecule has 0 saturated heterocycles. The first-order valence-corrected chi connectivity index (χ1v) is 6.82. The van der Waals surface area contributed by atoms with E-state index >= 15 is 0 Å². The van der Waals surface area contributed by atoms with Gasteiger partial charge in [0.15, 0.2) is 5.82 Å². The Hall–Kier alpha value is -1.98. The summed E-state index contributed by atoms with van der Waals surface area (Å²) in [5.41, 5.74) is 6.67. The van der Waals surface area contributed by atoms with Crippen LogP contribution >= 0.6 is 23.8 Å². The molecule has 3 nitrogen and oxygen atoms in total. The Morgan fingerprint density at radius 2 is 1.95 bits per heavy atom. The second-order valence-electron chi connectivity index (χ2n) is 4.38. The van der Waals surface area contributed by atoms with E-state index in [1.807, 2.05) is 0 Å². The van der Waals surface area contributed by atoms with Crippen LogP contribution in [0.4, 0.5) is 10.1 Å². The van der Waals surface area contributed by atoms with E-state index in [9.17, 15) is 9.18 Å². The molecule has 2 aromatic rings. The van der Waals surface area contributed by atoms with Crippen LogP contribution in [-0.4, -0.2) is 17.9 Å². The lowest BCUT2D eigenvalue weighted by Crippen LogP contribution is -2.27. The van der Waals surface area contributed by atoms with E-state index in [2.05, 4.69) is 0 Å². The van der Waals surface area contributed by atoms with Gasteiger partial charge in [-0.2, -0.15) is 0 Å². The lowest BCUT2D eigenvalue weighted by Gasteiger charge is -2.18. The first kappa shape index (κ1) is 15.4. The maximum Gasteiger partial charge on any atom is 0.261 e. The Bertz CT molecular complexity index is 721. The molecular formula is C15H12ClFN2OS. The Morgan fingerprint density at radius 3 is 2.62 bits per heavy atom. The Labute approximate surface area is 132 Å². The fourth-order valence-electron chi connectivity index (χ4n) is 1.83. The third-order valence-corrected chi connectivity index (χ3v) is 3.53. The van der Waals surface area contributed by atoms with Gasteiger partial charge >= 0.3 is 0 Å². The van der Waals surface area contributed by atoms with Crippen LogP contribution in [-0.2, 0) is 0 Å². The molecule has 2 N–H and O–H groups in total. The Balaban J connectivity index is 2.37. The summed E-state index contributed by atoms with van der Waals surface area (Å²) in [6, 6.07) is 11.1. The van der Waals surface area contributed by atoms with E-state index in [1.165, 1.54) is 23.1 Å². The van der Waals surface area contributed by atoms with Gasteiger partial charge in [-0.25, -0.2) is 4.39 Å². The van der Waals surface area contributed by atoms with Crippen molar-refractivity contribution in [3.8, 4) is 0 Å². The average Bonchev–Trinajstić information content (AvgIpc) is 2.48. The molecule has 2 rings (SSSR count). The highest BCUT2D eigenvalue weighted by molar-refractivity contribution is 7.80. The number of nitrogens with zero attached hydrogens (tertiary/aromatic N) is 1. The van der Waals surface area contributed by atoms with E-state index < -0.39 is 11.7 Å². The lowest BCUT2D eigenvalue weighted by molar-refractivity contribution is 0.0989. The molecule has 0 bridgehead atoms. The molecule has 0 radical (unpaired) electrons. The Kier molecular flexibility index (Phi) is 4.55. The number of hydrogen-bond donors (Lipinski definition) is 1. The standard InChI is InChI=1S/C15H12ClFN2OS/c1-19(10-5-2-4-9(8-10)14(18)21)15(20)11-6-3-7-12(16)13(11)17/h2-8H,1H3,(H2,18,21). The monoisotopic (exact) mass is 322 g/mol. The van der Waals surface area contributed by atoms with E-state index in [4.69, 9.17) is 29.6 Å². The van der Waals surface area contributed by atoms with Crippen molar-refractivity contribution in [2.75, 3.05) is 11.9 Å². The van der Waals surface area contributed by atoms with Gasteiger partial charge in [-0.3, -0.25) is 4.79 Å². The highest BCUT2D eigenvalue weighted by Gasteiger charge is 2.19. The van der Waals surface area contributed by atoms with Crippen molar-refractivity contribution in [2.24, 2.45) is 5.73 Å². The second-order valence-corrected chi connectivity index (χ2v) is 5.23. The van der Waals surface area contributed by atoms with Crippen LogP contribution < -0.4 is 10.6 Å². The number of rotatable bonds is 3. The van der Waals surface area contributed by atoms with Crippen LogP contribution in [0.15, 0.2) is 42.5 Å². The fourth-order valence-corrected chi connectivity index (χ4v) is 2.14. The number of halogens is 2. The van der Waals surface area contributed by atoms with Crippen LogP contribution in [0.2, 0.25) is 5.02 Å². The third-order valence-electron chi connectivity index (χ3n) is 3.00. The number of carbonyl (C=O) groups excluding carboxylic acids is 1. The van der Waals surface area contributed by atoms with Gasteiger partial charge in [0.2, 0.25) is 0 Å². The molecule has 0 heterocycles. The summed E-state index contributed by atoms with van der Waals surface area (Å²) in [5, 5.41) is -0.0915. The SMILES string of the molecule is CN(C(=O)c1cccc(Cl)c1F)c1cccc(C(N)=S)c1. The van der Waals surface area contributed by atoms with Crippen molar-refractivity contribution in [3.05, 3.63) is 64.4 Å². The van der Waals surface area contributed by atoms with Gasteiger partial charge < -0.3 is 10.6 Å². The van der Waals surface area contributed by atoms with Crippen molar-refractivity contribution in [1.82, 2.24) is 0 Å². The number of amides is 1. The third kappa shape index (κ3) is 3.20. The van der Waals surface area contributed by atoms with Crippen LogP contribution in [0.1, 0.15) is 15.9 Å². The second kappa shape index (κ2) is 6.20. The topological polar surface area (TPSA) is 46.3 Å². The number of carbonyl (C=O) groups is 1. The molecule has 0 aromatic heterocycles. The van der Waals surface area contributed by atoms with E-state index in [0.717, 1.165) is 0 Å². The maximum absolute atomic E-state index is 13.9. The molecule has 1 amide bonds. The molecule has 0 fully saturated rings. The maximum atomic E-state index is 13.9. The van der Waals surface area contributed by atoms with E-state index in [1.54, 1.807) is 31.3 Å². The summed E-state index contributed by atoms with van der Waals surface area (Å²) in [7, 11) is 1.54. The van der Waals surface area contributed by atoms with Gasteiger partial charge in [0.05, 0.1) is 10.6 Å². The molecule has 21 heavy (non-hydrogen) atoms. The van der Waals surface area contributed by atoms with Crippen molar-refractivity contribution >= 4 is 40.4 Å². The minimum absolute atomic E-state index is 0.0915. The van der Waals surface area contributed by atoms with Crippen LogP contribution in [0.25, 0.3) is 0 Å². The highest BCUT2D eigenvalue weighted by atomic mass is 35.5. The summed E-state index contributed by atoms with van der Waals surface area (Å²) in [4.78, 5) is 13.9. The molecule has 0 unspecified atom stereocenters. The first-order valence-electron chi connectivity index (χ1n) is 6.03. The van der Waals surface area contributed by atoms with Crippen LogP contribution in [0.3, 0.4) is 0 Å². The van der Waals surface area contributed by atoms with E-state index in [0.29, 0.717) is 11.3 Å². The van der Waals surface area contributed by atoms with Gasteiger partial charge in [0.1, 0.15) is 4.99 Å². The molecule has 0 atom stereocenters. The first-order chi connectivity index (χ1) is 9.91. The average molecular weight is 323 g/mol. The normalized spacial score (nSPS) is 10.2. The van der Waals surface area contributed by atoms with E-state index in [-0.39, 0.29) is 15.6 Å². The van der Waals surface area contributed by atoms with Crippen molar-refractivity contribution in [1.29, 1.82) is 0 Å². The van der Waals surface area contributed by atoms with Crippen molar-refractivity contribution in [3.63, 3.8) is 0 Å². The summed E-state index contributed by atoms with van der Waals surface area (Å²) in [6.07, 6.45) is 0. The number of anilines is 1. The smallest absolute Gasteiger partial charge is 0.261 e. The largest absolute Gasteiger partial charge is 0.389 e.